The molecule has 0 bridgehead atoms. The number of methoxy groups -OCH3 is 2. The first-order chi connectivity index (χ1) is 16.8. The predicted octanol–water partition coefficient (Wildman–Crippen LogP) is 2.66. The van der Waals surface area contributed by atoms with Crippen molar-refractivity contribution < 1.29 is 28.5 Å². The summed E-state index contributed by atoms with van der Waals surface area (Å²) in [4.78, 5) is 31.4. The van der Waals surface area contributed by atoms with E-state index < -0.39 is 17.8 Å². The first kappa shape index (κ1) is 24.2. The van der Waals surface area contributed by atoms with E-state index in [1.807, 2.05) is 0 Å². The molecule has 0 aliphatic carbocycles. The Hall–Kier alpha value is -3.92. The lowest BCUT2D eigenvalue weighted by atomic mass is 9.96. The Morgan fingerprint density at radius 3 is 2.40 bits per heavy atom. The van der Waals surface area contributed by atoms with E-state index in [9.17, 15) is 19.1 Å². The van der Waals surface area contributed by atoms with Gasteiger partial charge in [0.15, 0.2) is 16.3 Å². The number of carbonyl (C=O) groups is 1. The molecule has 8 nitrogen and oxygen atoms in total. The number of nitrogens with zero attached hydrogens (tertiary/aromatic N) is 2. The van der Waals surface area contributed by atoms with Crippen LogP contribution in [0.15, 0.2) is 57.5 Å². The van der Waals surface area contributed by atoms with E-state index in [1.54, 1.807) is 32.1 Å². The van der Waals surface area contributed by atoms with Gasteiger partial charge in [-0.15, -0.1) is 0 Å². The van der Waals surface area contributed by atoms with Crippen LogP contribution < -0.4 is 24.4 Å². The maximum Gasteiger partial charge on any atom is 0.338 e. The second kappa shape index (κ2) is 9.75. The van der Waals surface area contributed by atoms with Crippen molar-refractivity contribution in [3.05, 3.63) is 84.3 Å². The second-order valence-electron chi connectivity index (χ2n) is 7.63. The third-order valence-corrected chi connectivity index (χ3v) is 6.49. The van der Waals surface area contributed by atoms with E-state index in [4.69, 9.17) is 14.2 Å². The number of halogens is 1. The molecule has 1 aromatic heterocycles. The van der Waals surface area contributed by atoms with Gasteiger partial charge in [-0.25, -0.2) is 14.2 Å². The van der Waals surface area contributed by atoms with E-state index >= 15 is 0 Å². The quantitative estimate of drug-likeness (QED) is 0.525. The van der Waals surface area contributed by atoms with Crippen LogP contribution in [0.25, 0.3) is 6.08 Å². The number of aromatic hydroxyl groups is 1. The van der Waals surface area contributed by atoms with Crippen molar-refractivity contribution in [2.45, 2.75) is 19.9 Å². The van der Waals surface area contributed by atoms with Gasteiger partial charge < -0.3 is 19.3 Å². The minimum absolute atomic E-state index is 0.153. The molecule has 0 radical (unpaired) electrons. The van der Waals surface area contributed by atoms with Crippen molar-refractivity contribution in [2.24, 2.45) is 4.99 Å². The van der Waals surface area contributed by atoms with Crippen molar-refractivity contribution in [3.63, 3.8) is 0 Å². The normalized spacial score (nSPS) is 15.5. The van der Waals surface area contributed by atoms with Crippen LogP contribution in [0.1, 0.15) is 31.0 Å². The van der Waals surface area contributed by atoms with Gasteiger partial charge in [-0.3, -0.25) is 9.36 Å². The molecule has 0 spiro atoms. The van der Waals surface area contributed by atoms with Crippen LogP contribution in [-0.4, -0.2) is 36.5 Å². The molecular weight excluding hydrogens is 475 g/mol. The van der Waals surface area contributed by atoms with Crippen molar-refractivity contribution in [2.75, 3.05) is 20.8 Å². The Kier molecular flexibility index (Phi) is 6.74. The van der Waals surface area contributed by atoms with Crippen LogP contribution in [0, 0.1) is 5.82 Å². The molecule has 2 aromatic carbocycles. The summed E-state index contributed by atoms with van der Waals surface area (Å²) in [5, 5.41) is 10.2. The van der Waals surface area contributed by atoms with E-state index in [0.717, 1.165) is 11.3 Å². The van der Waals surface area contributed by atoms with Crippen molar-refractivity contribution >= 4 is 23.4 Å². The van der Waals surface area contributed by atoms with Crippen LogP contribution in [-0.2, 0) is 9.53 Å². The van der Waals surface area contributed by atoms with Gasteiger partial charge in [0.2, 0.25) is 5.75 Å². The Balaban J connectivity index is 1.95. The number of hydrogen-bond acceptors (Lipinski definition) is 8. The van der Waals surface area contributed by atoms with E-state index in [-0.39, 0.29) is 35.0 Å². The molecular formula is C25H23FN2O6S. The highest BCUT2D eigenvalue weighted by atomic mass is 32.1. The van der Waals surface area contributed by atoms with Gasteiger partial charge in [0.05, 0.1) is 42.7 Å². The topological polar surface area (TPSA) is 99.4 Å². The smallest absolute Gasteiger partial charge is 0.338 e. The van der Waals surface area contributed by atoms with Gasteiger partial charge in [0, 0.05) is 0 Å². The lowest BCUT2D eigenvalue weighted by Gasteiger charge is -2.24. The van der Waals surface area contributed by atoms with Crippen LogP contribution in [0.3, 0.4) is 0 Å². The number of benzene rings is 2. The lowest BCUT2D eigenvalue weighted by Crippen LogP contribution is -2.39. The highest BCUT2D eigenvalue weighted by molar-refractivity contribution is 7.07. The monoisotopic (exact) mass is 498 g/mol. The summed E-state index contributed by atoms with van der Waals surface area (Å²) in [6.45, 7) is 3.52. The molecule has 1 atom stereocenters. The fraction of sp³-hybridized carbons (Fsp3) is 0.240. The molecule has 3 aromatic rings. The highest BCUT2D eigenvalue weighted by Gasteiger charge is 2.33. The average molecular weight is 499 g/mol. The summed E-state index contributed by atoms with van der Waals surface area (Å²) in [6.07, 6.45) is 1.62. The van der Waals surface area contributed by atoms with Crippen LogP contribution >= 0.6 is 11.3 Å². The second-order valence-corrected chi connectivity index (χ2v) is 8.64. The number of fused-ring (bicyclic) bond motifs is 1. The minimum atomic E-state index is -0.836. The van der Waals surface area contributed by atoms with E-state index in [1.165, 1.54) is 43.1 Å². The lowest BCUT2D eigenvalue weighted by molar-refractivity contribution is -0.139. The molecule has 0 saturated carbocycles. The summed E-state index contributed by atoms with van der Waals surface area (Å²) in [7, 11) is 2.82. The SMILES string of the molecule is CCOC(=O)C1=C(C)N=c2s/c(=C/c3cc(OC)c(O)c(OC)c3)c(=O)n2[C@@H]1c1ccc(F)cc1. The third kappa shape index (κ3) is 4.44. The fourth-order valence-corrected chi connectivity index (χ4v) is 4.95. The maximum atomic E-state index is 13.6. The third-order valence-electron chi connectivity index (χ3n) is 5.50. The summed E-state index contributed by atoms with van der Waals surface area (Å²) in [5.74, 6) is -0.805. The molecule has 10 heteroatoms. The number of phenols is 1. The molecule has 0 unspecified atom stereocenters. The van der Waals surface area contributed by atoms with Gasteiger partial charge in [-0.05, 0) is 55.3 Å². The molecule has 1 aliphatic rings. The van der Waals surface area contributed by atoms with Crippen LogP contribution in [0.2, 0.25) is 0 Å². The summed E-state index contributed by atoms with van der Waals surface area (Å²) < 4.78 is 31.0. The number of rotatable bonds is 6. The Labute approximate surface area is 203 Å². The zero-order valence-corrected chi connectivity index (χ0v) is 20.3. The van der Waals surface area contributed by atoms with Crippen molar-refractivity contribution in [3.8, 4) is 17.2 Å². The molecule has 182 valence electrons. The first-order valence-corrected chi connectivity index (χ1v) is 11.5. The number of carbonyl (C=O) groups excluding carboxylic acids is 1. The average Bonchev–Trinajstić information content (AvgIpc) is 3.14. The Morgan fingerprint density at radius 1 is 1.20 bits per heavy atom. The summed E-state index contributed by atoms with van der Waals surface area (Å²) in [5.41, 5.74) is 1.35. The molecule has 0 saturated heterocycles. The zero-order valence-electron chi connectivity index (χ0n) is 19.5. The van der Waals surface area contributed by atoms with Gasteiger partial charge in [-0.1, -0.05) is 23.5 Å². The zero-order chi connectivity index (χ0) is 25.3. The number of phenolic OH excluding ortho intramolecular Hbond substituents is 1. The van der Waals surface area contributed by atoms with Gasteiger partial charge in [0.25, 0.3) is 5.56 Å². The molecule has 4 rings (SSSR count). The number of hydrogen-bond donors (Lipinski definition) is 1. The fourth-order valence-electron chi connectivity index (χ4n) is 3.90. The molecule has 35 heavy (non-hydrogen) atoms. The molecule has 2 heterocycles. The molecule has 1 aliphatic heterocycles. The summed E-state index contributed by atoms with van der Waals surface area (Å²) >= 11 is 1.14. The van der Waals surface area contributed by atoms with Gasteiger partial charge >= 0.3 is 5.97 Å². The largest absolute Gasteiger partial charge is 0.502 e. The molecule has 0 fully saturated rings. The number of aromatic nitrogens is 1. The first-order valence-electron chi connectivity index (χ1n) is 10.7. The van der Waals surface area contributed by atoms with Crippen LogP contribution in [0.5, 0.6) is 17.2 Å². The highest BCUT2D eigenvalue weighted by Crippen LogP contribution is 2.37. The van der Waals surface area contributed by atoms with E-state index in [2.05, 4.69) is 4.99 Å². The van der Waals surface area contributed by atoms with E-state index in [0.29, 0.717) is 26.2 Å². The number of allylic oxidation sites excluding steroid dienone is 1. The van der Waals surface area contributed by atoms with Crippen LogP contribution in [0.4, 0.5) is 4.39 Å². The summed E-state index contributed by atoms with van der Waals surface area (Å²) in [6, 6.07) is 7.93. The molecule has 0 amide bonds. The Bertz CT molecular complexity index is 1480. The van der Waals surface area contributed by atoms with Gasteiger partial charge in [0.1, 0.15) is 5.82 Å². The predicted molar refractivity (Wildman–Crippen MR) is 128 cm³/mol. The Morgan fingerprint density at radius 2 is 1.83 bits per heavy atom. The minimum Gasteiger partial charge on any atom is -0.502 e. The maximum absolute atomic E-state index is 13.6. The number of thiazole rings is 1. The number of ether oxygens (including phenoxy) is 3. The van der Waals surface area contributed by atoms with Crippen molar-refractivity contribution in [1.82, 2.24) is 4.57 Å². The number of esters is 1. The van der Waals surface area contributed by atoms with Crippen molar-refractivity contribution in [1.29, 1.82) is 0 Å². The van der Waals surface area contributed by atoms with Gasteiger partial charge in [-0.2, -0.15) is 0 Å². The molecule has 1 N–H and O–H groups in total. The standard InChI is InChI=1S/C25H23FN2O6S/c1-5-34-24(31)20-13(2)27-25-28(21(20)15-6-8-16(26)9-7-15)23(30)19(35-25)12-14-10-17(32-3)22(29)18(11-14)33-4/h6-12,21,29H,5H2,1-4H3/b19-12+/t21-/m1/s1.